The lowest BCUT2D eigenvalue weighted by atomic mass is 10.2. The summed E-state index contributed by atoms with van der Waals surface area (Å²) in [5.74, 6) is 0.181. The van der Waals surface area contributed by atoms with E-state index >= 15 is 0 Å². The highest BCUT2D eigenvalue weighted by Crippen LogP contribution is 2.42. The van der Waals surface area contributed by atoms with Gasteiger partial charge in [-0.1, -0.05) is 29.4 Å². The number of sulfone groups is 1. The molecule has 0 bridgehead atoms. The lowest BCUT2D eigenvalue weighted by molar-refractivity contribution is -0.118. The number of aliphatic imine (C=N–C) groups is 1. The monoisotopic (exact) mass is 370 g/mol. The van der Waals surface area contributed by atoms with Crippen molar-refractivity contribution in [1.82, 2.24) is 0 Å². The first kappa shape index (κ1) is 15.5. The van der Waals surface area contributed by atoms with Crippen LogP contribution in [0.5, 0.6) is 0 Å². The second-order valence-electron chi connectivity index (χ2n) is 6.16. The van der Waals surface area contributed by atoms with Gasteiger partial charge in [-0.15, -0.1) is 0 Å². The molecule has 2 saturated heterocycles. The number of carbonyl (C=O) groups is 1. The Morgan fingerprint density at radius 3 is 2.78 bits per heavy atom. The van der Waals surface area contributed by atoms with E-state index in [9.17, 15) is 13.2 Å². The van der Waals surface area contributed by atoms with Gasteiger partial charge in [-0.3, -0.25) is 4.79 Å². The average Bonchev–Trinajstić information content (AvgIpc) is 3.20. The third kappa shape index (κ3) is 3.02. The summed E-state index contributed by atoms with van der Waals surface area (Å²) in [5.41, 5.74) is 0.789. The largest absolute Gasteiger partial charge is 0.316 e. The van der Waals surface area contributed by atoms with Gasteiger partial charge in [0.15, 0.2) is 15.0 Å². The molecule has 8 heteroatoms. The minimum atomic E-state index is -3.05. The van der Waals surface area contributed by atoms with Gasteiger partial charge in [0.05, 0.1) is 17.5 Å². The van der Waals surface area contributed by atoms with E-state index in [0.29, 0.717) is 10.2 Å². The zero-order valence-electron chi connectivity index (χ0n) is 12.2. The molecule has 1 saturated carbocycles. The van der Waals surface area contributed by atoms with E-state index < -0.39 is 9.84 Å². The summed E-state index contributed by atoms with van der Waals surface area (Å²) >= 11 is 7.48. The number of nitrogens with zero attached hydrogens (tertiary/aromatic N) is 2. The zero-order chi connectivity index (χ0) is 16.2. The topological polar surface area (TPSA) is 66.8 Å². The molecule has 3 aliphatic rings. The van der Waals surface area contributed by atoms with Crippen molar-refractivity contribution in [1.29, 1.82) is 0 Å². The molecule has 0 N–H and O–H groups in total. The molecule has 4 rings (SSSR count). The van der Waals surface area contributed by atoms with Gasteiger partial charge < -0.3 is 4.90 Å². The molecular weight excluding hydrogens is 356 g/mol. The number of benzene rings is 1. The molecule has 23 heavy (non-hydrogen) atoms. The summed E-state index contributed by atoms with van der Waals surface area (Å²) in [4.78, 5) is 18.2. The Balaban J connectivity index is 1.73. The maximum atomic E-state index is 12.1. The standard InChI is InChI=1S/C15H15ClN2O3S2/c16-10-2-1-3-11(6-10)18-12-7-23(20,21)8-13(12)22-15(18)17-14(19)9-4-5-9/h1-3,6,9,12-13H,4-5,7-8H2/t12-,13+/m1/s1. The summed E-state index contributed by atoms with van der Waals surface area (Å²) in [6, 6.07) is 7.06. The van der Waals surface area contributed by atoms with Crippen molar-refractivity contribution < 1.29 is 13.2 Å². The lowest BCUT2D eigenvalue weighted by Gasteiger charge is -2.24. The molecule has 5 nitrogen and oxygen atoms in total. The minimum absolute atomic E-state index is 0.0495. The highest BCUT2D eigenvalue weighted by Gasteiger charge is 2.49. The molecule has 0 spiro atoms. The highest BCUT2D eigenvalue weighted by molar-refractivity contribution is 8.16. The molecular formula is C15H15ClN2O3S2. The first-order valence-electron chi connectivity index (χ1n) is 7.47. The Hall–Kier alpha value is -1.05. The zero-order valence-corrected chi connectivity index (χ0v) is 14.6. The molecule has 122 valence electrons. The first-order valence-corrected chi connectivity index (χ1v) is 10.6. The number of rotatable bonds is 2. The van der Waals surface area contributed by atoms with E-state index in [0.717, 1.165) is 18.5 Å². The van der Waals surface area contributed by atoms with Gasteiger partial charge in [0.2, 0.25) is 0 Å². The van der Waals surface area contributed by atoms with Gasteiger partial charge in [0.25, 0.3) is 5.91 Å². The second-order valence-corrected chi connectivity index (χ2v) is 9.95. The SMILES string of the molecule is O=C(N=C1S[C@H]2CS(=O)(=O)C[C@H]2N1c1cccc(Cl)c1)C1CC1. The number of carbonyl (C=O) groups excluding carboxylic acids is 1. The number of thioether (sulfide) groups is 1. The smallest absolute Gasteiger partial charge is 0.251 e. The van der Waals surface area contributed by atoms with Gasteiger partial charge in [-0.2, -0.15) is 4.99 Å². The van der Waals surface area contributed by atoms with Gasteiger partial charge >= 0.3 is 0 Å². The predicted molar refractivity (Wildman–Crippen MR) is 92.9 cm³/mol. The quantitative estimate of drug-likeness (QED) is 0.799. The van der Waals surface area contributed by atoms with Crippen molar-refractivity contribution in [3.8, 4) is 0 Å². The van der Waals surface area contributed by atoms with Crippen LogP contribution in [0.3, 0.4) is 0 Å². The van der Waals surface area contributed by atoms with Crippen LogP contribution in [0, 0.1) is 5.92 Å². The summed E-state index contributed by atoms with van der Waals surface area (Å²) < 4.78 is 23.9. The van der Waals surface area contributed by atoms with Crippen LogP contribution in [0.25, 0.3) is 0 Å². The van der Waals surface area contributed by atoms with Crippen LogP contribution in [0.15, 0.2) is 29.3 Å². The van der Waals surface area contributed by atoms with Crippen LogP contribution in [-0.2, 0) is 14.6 Å². The van der Waals surface area contributed by atoms with E-state index in [1.807, 2.05) is 17.0 Å². The van der Waals surface area contributed by atoms with Crippen LogP contribution >= 0.6 is 23.4 Å². The molecule has 1 aromatic rings. The molecule has 0 radical (unpaired) electrons. The minimum Gasteiger partial charge on any atom is -0.316 e. The number of hydrogen-bond acceptors (Lipinski definition) is 4. The van der Waals surface area contributed by atoms with Gasteiger partial charge in [-0.25, -0.2) is 8.42 Å². The number of anilines is 1. The summed E-state index contributed by atoms with van der Waals surface area (Å²) in [5, 5.41) is 1.10. The van der Waals surface area contributed by atoms with Crippen LogP contribution in [0.4, 0.5) is 5.69 Å². The molecule has 2 atom stereocenters. The number of hydrogen-bond donors (Lipinski definition) is 0. The number of amides is 1. The fourth-order valence-corrected chi connectivity index (χ4v) is 7.11. The Morgan fingerprint density at radius 1 is 1.30 bits per heavy atom. The van der Waals surface area contributed by atoms with Gasteiger partial charge in [0, 0.05) is 21.9 Å². The molecule has 0 unspecified atom stereocenters. The van der Waals surface area contributed by atoms with Crippen molar-refractivity contribution in [2.24, 2.45) is 10.9 Å². The molecule has 2 heterocycles. The first-order chi connectivity index (χ1) is 10.9. The van der Waals surface area contributed by atoms with Crippen LogP contribution in [-0.4, -0.2) is 42.3 Å². The van der Waals surface area contributed by atoms with E-state index in [-0.39, 0.29) is 34.6 Å². The average molecular weight is 371 g/mol. The maximum Gasteiger partial charge on any atom is 0.251 e. The third-order valence-electron chi connectivity index (χ3n) is 4.29. The fourth-order valence-electron chi connectivity index (χ4n) is 3.01. The Morgan fingerprint density at radius 2 is 2.09 bits per heavy atom. The number of fused-ring (bicyclic) bond motifs is 1. The second kappa shape index (κ2) is 5.50. The normalized spacial score (nSPS) is 30.7. The van der Waals surface area contributed by atoms with E-state index in [4.69, 9.17) is 11.6 Å². The summed E-state index contributed by atoms with van der Waals surface area (Å²) in [6.45, 7) is 0. The molecule has 3 fully saturated rings. The van der Waals surface area contributed by atoms with Crippen LogP contribution in [0.1, 0.15) is 12.8 Å². The summed E-state index contributed by atoms with van der Waals surface area (Å²) in [6.07, 6.45) is 1.80. The Kier molecular flexibility index (Phi) is 3.70. The van der Waals surface area contributed by atoms with Crippen molar-refractivity contribution in [2.45, 2.75) is 24.1 Å². The van der Waals surface area contributed by atoms with Crippen molar-refractivity contribution in [3.63, 3.8) is 0 Å². The van der Waals surface area contributed by atoms with Crippen molar-refractivity contribution in [3.05, 3.63) is 29.3 Å². The molecule has 1 amide bonds. The Labute approximate surface area is 144 Å². The van der Waals surface area contributed by atoms with Gasteiger partial charge in [0.1, 0.15) is 0 Å². The summed E-state index contributed by atoms with van der Waals surface area (Å²) in [7, 11) is -3.05. The van der Waals surface area contributed by atoms with Crippen molar-refractivity contribution >= 4 is 50.0 Å². The van der Waals surface area contributed by atoms with Gasteiger partial charge in [-0.05, 0) is 31.0 Å². The van der Waals surface area contributed by atoms with E-state index in [2.05, 4.69) is 4.99 Å². The Bertz CT molecular complexity index is 805. The van der Waals surface area contributed by atoms with E-state index in [1.165, 1.54) is 11.8 Å². The molecule has 1 aliphatic carbocycles. The van der Waals surface area contributed by atoms with E-state index in [1.54, 1.807) is 12.1 Å². The lowest BCUT2D eigenvalue weighted by Crippen LogP contribution is -2.37. The fraction of sp³-hybridized carbons (Fsp3) is 0.467. The van der Waals surface area contributed by atoms with Crippen LogP contribution < -0.4 is 4.90 Å². The maximum absolute atomic E-state index is 12.1. The molecule has 1 aromatic carbocycles. The highest BCUT2D eigenvalue weighted by atomic mass is 35.5. The molecule has 2 aliphatic heterocycles. The molecule has 0 aromatic heterocycles. The number of halogens is 1. The van der Waals surface area contributed by atoms with Crippen LogP contribution in [0.2, 0.25) is 5.02 Å². The van der Waals surface area contributed by atoms with Crippen molar-refractivity contribution in [2.75, 3.05) is 16.4 Å². The number of amidine groups is 1. The predicted octanol–water partition coefficient (Wildman–Crippen LogP) is 2.35. The third-order valence-corrected chi connectivity index (χ3v) is 7.73.